The first kappa shape index (κ1) is 21.0. The number of hydrogen-bond donors (Lipinski definition) is 1. The Kier molecular flexibility index (Phi) is 5.30. The minimum atomic E-state index is -1.86. The molecule has 6 nitrogen and oxygen atoms in total. The van der Waals surface area contributed by atoms with E-state index in [4.69, 9.17) is 0 Å². The van der Waals surface area contributed by atoms with Gasteiger partial charge >= 0.3 is 0 Å². The molecule has 162 valence electrons. The topological polar surface area (TPSA) is 68.8 Å². The van der Waals surface area contributed by atoms with E-state index >= 15 is 0 Å². The van der Waals surface area contributed by atoms with E-state index in [1.54, 1.807) is 24.6 Å². The molecule has 0 radical (unpaired) electrons. The van der Waals surface area contributed by atoms with Gasteiger partial charge in [-0.1, -0.05) is 13.0 Å². The third kappa shape index (κ3) is 3.59. The highest BCUT2D eigenvalue weighted by atomic mass is 19.1. The van der Waals surface area contributed by atoms with Gasteiger partial charge in [-0.15, -0.1) is 0 Å². The van der Waals surface area contributed by atoms with E-state index in [9.17, 15) is 18.3 Å². The first-order chi connectivity index (χ1) is 14.7. The fraction of sp³-hybridized carbons (Fsp3) is 0.318. The number of hydrogen-bond acceptors (Lipinski definition) is 4. The molecular formula is C22H22F3N5O. The van der Waals surface area contributed by atoms with Crippen molar-refractivity contribution in [3.05, 3.63) is 77.3 Å². The molecule has 0 amide bonds. The molecule has 1 N–H and O–H groups in total. The minimum absolute atomic E-state index is 0.0964. The summed E-state index contributed by atoms with van der Waals surface area (Å²) in [7, 11) is 0. The zero-order valence-electron chi connectivity index (χ0n) is 17.4. The summed E-state index contributed by atoms with van der Waals surface area (Å²) in [5, 5.41) is 21.1. The Morgan fingerprint density at radius 1 is 1.13 bits per heavy atom. The Hall–Kier alpha value is -3.20. The van der Waals surface area contributed by atoms with Crippen molar-refractivity contribution in [3.8, 4) is 0 Å². The van der Waals surface area contributed by atoms with Crippen molar-refractivity contribution in [2.75, 3.05) is 0 Å². The van der Waals surface area contributed by atoms with E-state index in [0.29, 0.717) is 28.6 Å². The number of aryl methyl sites for hydroxylation is 2. The van der Waals surface area contributed by atoms with Crippen molar-refractivity contribution >= 4 is 10.9 Å². The van der Waals surface area contributed by atoms with Crippen LogP contribution in [0.2, 0.25) is 0 Å². The maximum atomic E-state index is 14.8. The van der Waals surface area contributed by atoms with Crippen molar-refractivity contribution in [3.63, 3.8) is 0 Å². The molecule has 2 heterocycles. The van der Waals surface area contributed by atoms with Crippen LogP contribution >= 0.6 is 0 Å². The number of fused-ring (bicyclic) bond motifs is 1. The van der Waals surface area contributed by atoms with E-state index in [1.165, 1.54) is 29.5 Å². The van der Waals surface area contributed by atoms with Crippen LogP contribution in [0.15, 0.2) is 43.0 Å². The molecule has 0 bridgehead atoms. The van der Waals surface area contributed by atoms with E-state index in [0.717, 1.165) is 12.1 Å². The monoisotopic (exact) mass is 429 g/mol. The van der Waals surface area contributed by atoms with Crippen molar-refractivity contribution < 1.29 is 18.3 Å². The molecule has 0 saturated heterocycles. The molecule has 9 heteroatoms. The summed E-state index contributed by atoms with van der Waals surface area (Å²) >= 11 is 0. The molecule has 0 aliphatic heterocycles. The summed E-state index contributed by atoms with van der Waals surface area (Å²) in [6, 6.07) is 5.31. The van der Waals surface area contributed by atoms with Gasteiger partial charge in [0, 0.05) is 22.7 Å². The molecule has 31 heavy (non-hydrogen) atoms. The second-order valence-electron chi connectivity index (χ2n) is 7.68. The smallest absolute Gasteiger partial charge is 0.137 e. The third-order valence-electron chi connectivity index (χ3n) is 5.74. The summed E-state index contributed by atoms with van der Waals surface area (Å²) in [5.41, 5.74) is -0.229. The number of benzene rings is 2. The average molecular weight is 429 g/mol. The van der Waals surface area contributed by atoms with Crippen LogP contribution in [0, 0.1) is 24.4 Å². The zero-order valence-corrected chi connectivity index (χ0v) is 17.4. The van der Waals surface area contributed by atoms with E-state index in [2.05, 4.69) is 15.2 Å². The highest BCUT2D eigenvalue weighted by Gasteiger charge is 2.41. The maximum Gasteiger partial charge on any atom is 0.137 e. The molecule has 0 aliphatic carbocycles. The molecule has 0 spiro atoms. The second kappa shape index (κ2) is 7.81. The number of nitrogens with zero attached hydrogens (tertiary/aromatic N) is 5. The minimum Gasteiger partial charge on any atom is -0.381 e. The van der Waals surface area contributed by atoms with Gasteiger partial charge in [-0.05, 0) is 44.0 Å². The Morgan fingerprint density at radius 2 is 1.90 bits per heavy atom. The van der Waals surface area contributed by atoms with Gasteiger partial charge in [0.15, 0.2) is 0 Å². The Balaban J connectivity index is 1.91. The molecule has 4 aromatic rings. The molecule has 0 fully saturated rings. The standard InChI is InChI=1S/C22H22F3N5O/c1-4-21-16-9-18(24)13(2)7-20(16)28-30(21)14(3)22(31,10-29-12-26-11-27-29)17-6-5-15(23)8-19(17)25/h5-9,11-12,14,31H,4,10H2,1-3H3/t14-,22-/m1/s1. The fourth-order valence-corrected chi connectivity index (χ4v) is 4.00. The predicted octanol–water partition coefficient (Wildman–Crippen LogP) is 4.06. The molecule has 2 atom stereocenters. The van der Waals surface area contributed by atoms with E-state index in [-0.39, 0.29) is 17.9 Å². The Bertz CT molecular complexity index is 1240. The quantitative estimate of drug-likeness (QED) is 0.502. The van der Waals surface area contributed by atoms with Crippen LogP contribution in [0.25, 0.3) is 10.9 Å². The lowest BCUT2D eigenvalue weighted by atomic mass is 9.86. The van der Waals surface area contributed by atoms with Crippen LogP contribution in [0.3, 0.4) is 0 Å². The normalized spacial score (nSPS) is 14.7. The van der Waals surface area contributed by atoms with Gasteiger partial charge < -0.3 is 5.11 Å². The SMILES string of the molecule is CCc1c2cc(F)c(C)cc2nn1[C@H](C)[C@](O)(Cn1cncn1)c1ccc(F)cc1F. The molecular weight excluding hydrogens is 407 g/mol. The third-order valence-corrected chi connectivity index (χ3v) is 5.74. The van der Waals surface area contributed by atoms with Crippen LogP contribution in [0.5, 0.6) is 0 Å². The molecule has 2 aromatic carbocycles. The summed E-state index contributed by atoms with van der Waals surface area (Å²) in [4.78, 5) is 3.88. The highest BCUT2D eigenvalue weighted by Crippen LogP contribution is 2.38. The van der Waals surface area contributed by atoms with E-state index < -0.39 is 23.3 Å². The van der Waals surface area contributed by atoms with Gasteiger partial charge in [0.05, 0.1) is 18.1 Å². The molecule has 2 aromatic heterocycles. The molecule has 4 rings (SSSR count). The molecule has 0 aliphatic rings. The molecule has 0 saturated carbocycles. The lowest BCUT2D eigenvalue weighted by molar-refractivity contribution is -0.0374. The summed E-state index contributed by atoms with van der Waals surface area (Å²) in [5.74, 6) is -1.98. The number of aliphatic hydroxyl groups is 1. The van der Waals surface area contributed by atoms with Crippen molar-refractivity contribution in [2.24, 2.45) is 0 Å². The van der Waals surface area contributed by atoms with Crippen LogP contribution in [-0.2, 0) is 18.6 Å². The Morgan fingerprint density at radius 3 is 2.55 bits per heavy atom. The zero-order chi connectivity index (χ0) is 22.3. The van der Waals surface area contributed by atoms with Crippen molar-refractivity contribution in [1.82, 2.24) is 24.5 Å². The van der Waals surface area contributed by atoms with Gasteiger partial charge in [0.1, 0.15) is 35.7 Å². The van der Waals surface area contributed by atoms with Gasteiger partial charge in [-0.25, -0.2) is 22.8 Å². The summed E-state index contributed by atoms with van der Waals surface area (Å²) in [6.07, 6.45) is 3.21. The van der Waals surface area contributed by atoms with Crippen LogP contribution < -0.4 is 0 Å². The second-order valence-corrected chi connectivity index (χ2v) is 7.68. The lowest BCUT2D eigenvalue weighted by Gasteiger charge is -2.35. The number of halogens is 3. The number of aromatic nitrogens is 5. The number of rotatable bonds is 6. The lowest BCUT2D eigenvalue weighted by Crippen LogP contribution is -2.41. The average Bonchev–Trinajstić information content (AvgIpc) is 3.34. The van der Waals surface area contributed by atoms with Gasteiger partial charge in [-0.2, -0.15) is 10.2 Å². The largest absolute Gasteiger partial charge is 0.381 e. The summed E-state index contributed by atoms with van der Waals surface area (Å²) in [6.45, 7) is 5.08. The molecule has 0 unspecified atom stereocenters. The van der Waals surface area contributed by atoms with Crippen LogP contribution in [-0.4, -0.2) is 29.7 Å². The first-order valence-electron chi connectivity index (χ1n) is 9.92. The summed E-state index contributed by atoms with van der Waals surface area (Å²) < 4.78 is 45.6. The first-order valence-corrected chi connectivity index (χ1v) is 9.92. The highest BCUT2D eigenvalue weighted by molar-refractivity contribution is 5.82. The van der Waals surface area contributed by atoms with Crippen molar-refractivity contribution in [2.45, 2.75) is 45.4 Å². The van der Waals surface area contributed by atoms with Gasteiger partial charge in [0.2, 0.25) is 0 Å². The van der Waals surface area contributed by atoms with E-state index in [1.807, 2.05) is 6.92 Å². The maximum absolute atomic E-state index is 14.8. The van der Waals surface area contributed by atoms with Crippen LogP contribution in [0.1, 0.15) is 36.7 Å². The predicted molar refractivity (Wildman–Crippen MR) is 109 cm³/mol. The Labute approximate surface area is 177 Å². The van der Waals surface area contributed by atoms with Crippen molar-refractivity contribution in [1.29, 1.82) is 0 Å². The van der Waals surface area contributed by atoms with Gasteiger partial charge in [0.25, 0.3) is 0 Å². The van der Waals surface area contributed by atoms with Gasteiger partial charge in [-0.3, -0.25) is 4.68 Å². The fourth-order valence-electron chi connectivity index (χ4n) is 4.00. The van der Waals surface area contributed by atoms with Crippen LogP contribution in [0.4, 0.5) is 13.2 Å².